The van der Waals surface area contributed by atoms with Gasteiger partial charge in [-0.15, -0.1) is 5.10 Å². The topological polar surface area (TPSA) is 104 Å². The van der Waals surface area contributed by atoms with Crippen LogP contribution in [-0.2, 0) is 17.8 Å². The van der Waals surface area contributed by atoms with Gasteiger partial charge < -0.3 is 10.6 Å². The third kappa shape index (κ3) is 3.85. The van der Waals surface area contributed by atoms with Crippen molar-refractivity contribution in [3.63, 3.8) is 0 Å². The van der Waals surface area contributed by atoms with E-state index in [1.54, 1.807) is 0 Å². The zero-order valence-electron chi connectivity index (χ0n) is 14.8. The Kier molecular flexibility index (Phi) is 4.83. The fourth-order valence-corrected chi connectivity index (χ4v) is 4.15. The third-order valence-corrected chi connectivity index (χ3v) is 5.39. The van der Waals surface area contributed by atoms with E-state index in [1.807, 2.05) is 12.4 Å². The highest BCUT2D eigenvalue weighted by atomic mass is 16.2. The summed E-state index contributed by atoms with van der Waals surface area (Å²) in [5.41, 5.74) is 6.80. The predicted molar refractivity (Wildman–Crippen MR) is 96.9 cm³/mol. The first kappa shape index (κ1) is 17.0. The highest BCUT2D eigenvalue weighted by Crippen LogP contribution is 2.29. The van der Waals surface area contributed by atoms with Crippen LogP contribution in [0.4, 0.5) is 5.95 Å². The average Bonchev–Trinajstić information content (AvgIpc) is 2.87. The molecule has 3 aliphatic rings. The Morgan fingerprint density at radius 1 is 1.23 bits per heavy atom. The SMILES string of the molecule is Nc1n[nH]c(CCC(=O)N2C[C@H]3CC[C@@H]2CN(Cc2ccncc2)C3)n1. The minimum atomic E-state index is 0.209. The fourth-order valence-electron chi connectivity index (χ4n) is 4.15. The van der Waals surface area contributed by atoms with Gasteiger partial charge in [0.1, 0.15) is 5.82 Å². The van der Waals surface area contributed by atoms with Gasteiger partial charge in [0, 0.05) is 57.5 Å². The molecule has 8 heteroatoms. The van der Waals surface area contributed by atoms with Crippen molar-refractivity contribution in [1.29, 1.82) is 0 Å². The molecular formula is C18H25N7O. The van der Waals surface area contributed by atoms with E-state index in [1.165, 1.54) is 12.0 Å². The van der Waals surface area contributed by atoms with Crippen LogP contribution >= 0.6 is 0 Å². The monoisotopic (exact) mass is 355 g/mol. The van der Waals surface area contributed by atoms with E-state index >= 15 is 0 Å². The lowest BCUT2D eigenvalue weighted by Gasteiger charge is -2.36. The zero-order chi connectivity index (χ0) is 17.9. The number of amides is 1. The van der Waals surface area contributed by atoms with E-state index < -0.39 is 0 Å². The summed E-state index contributed by atoms with van der Waals surface area (Å²) < 4.78 is 0. The molecule has 26 heavy (non-hydrogen) atoms. The number of pyridine rings is 1. The zero-order valence-corrected chi connectivity index (χ0v) is 14.8. The Hall–Kier alpha value is -2.48. The van der Waals surface area contributed by atoms with Crippen LogP contribution < -0.4 is 5.73 Å². The Morgan fingerprint density at radius 3 is 2.85 bits per heavy atom. The molecule has 3 N–H and O–H groups in total. The molecule has 0 radical (unpaired) electrons. The van der Waals surface area contributed by atoms with Crippen LogP contribution in [-0.4, -0.2) is 61.5 Å². The number of piperidine rings is 1. The largest absolute Gasteiger partial charge is 0.367 e. The molecule has 5 rings (SSSR count). The number of nitrogens with two attached hydrogens (primary N) is 1. The van der Waals surface area contributed by atoms with Crippen LogP contribution in [0, 0.1) is 5.92 Å². The van der Waals surface area contributed by atoms with E-state index in [9.17, 15) is 4.79 Å². The number of H-pyrrole nitrogens is 1. The first-order valence-corrected chi connectivity index (χ1v) is 9.25. The number of aromatic nitrogens is 4. The summed E-state index contributed by atoms with van der Waals surface area (Å²) in [4.78, 5) is 25.5. The first-order valence-electron chi connectivity index (χ1n) is 9.25. The number of aromatic amines is 1. The number of nitrogen functional groups attached to an aromatic ring is 1. The maximum absolute atomic E-state index is 12.8. The minimum absolute atomic E-state index is 0.209. The summed E-state index contributed by atoms with van der Waals surface area (Å²) in [5.74, 6) is 1.67. The molecule has 0 aliphatic carbocycles. The standard InChI is InChI=1S/C18H25N7O/c19-18-21-16(22-23-18)3-4-17(26)25-11-14-1-2-15(25)12-24(10-14)9-13-5-7-20-8-6-13/h5-8,14-15H,1-4,9-12H2,(H3,19,21,22,23)/t14-,15+/m0/s1. The van der Waals surface area contributed by atoms with Gasteiger partial charge in [0.2, 0.25) is 11.9 Å². The van der Waals surface area contributed by atoms with Crippen molar-refractivity contribution in [2.45, 2.75) is 38.3 Å². The molecule has 3 fully saturated rings. The van der Waals surface area contributed by atoms with Gasteiger partial charge in [0.05, 0.1) is 0 Å². The van der Waals surface area contributed by atoms with Crippen molar-refractivity contribution >= 4 is 11.9 Å². The van der Waals surface area contributed by atoms with Gasteiger partial charge in [-0.3, -0.25) is 19.8 Å². The Morgan fingerprint density at radius 2 is 2.08 bits per heavy atom. The third-order valence-electron chi connectivity index (χ3n) is 5.39. The number of aryl methyl sites for hydroxylation is 1. The van der Waals surface area contributed by atoms with Gasteiger partial charge >= 0.3 is 0 Å². The maximum atomic E-state index is 12.8. The molecule has 2 bridgehead atoms. The molecule has 2 aromatic rings. The van der Waals surface area contributed by atoms with E-state index in [-0.39, 0.29) is 11.9 Å². The molecule has 2 atom stereocenters. The Balaban J connectivity index is 1.37. The fraction of sp³-hybridized carbons (Fsp3) is 0.556. The summed E-state index contributed by atoms with van der Waals surface area (Å²) in [6, 6.07) is 4.44. The smallest absolute Gasteiger partial charge is 0.239 e. The average molecular weight is 355 g/mol. The summed E-state index contributed by atoms with van der Waals surface area (Å²) in [6.45, 7) is 3.80. The van der Waals surface area contributed by atoms with E-state index in [2.05, 4.69) is 42.1 Å². The van der Waals surface area contributed by atoms with Gasteiger partial charge in [-0.25, -0.2) is 0 Å². The molecule has 3 saturated heterocycles. The van der Waals surface area contributed by atoms with E-state index in [0.29, 0.717) is 30.6 Å². The number of carbonyl (C=O) groups is 1. The molecule has 8 nitrogen and oxygen atoms in total. The minimum Gasteiger partial charge on any atom is -0.367 e. The molecular weight excluding hydrogens is 330 g/mol. The number of fused-ring (bicyclic) bond motifs is 4. The molecule has 0 unspecified atom stereocenters. The first-order chi connectivity index (χ1) is 12.7. The lowest BCUT2D eigenvalue weighted by atomic mass is 9.94. The van der Waals surface area contributed by atoms with Crippen molar-refractivity contribution in [2.24, 2.45) is 5.92 Å². The molecule has 0 aromatic carbocycles. The maximum Gasteiger partial charge on any atom is 0.239 e. The van der Waals surface area contributed by atoms with Gasteiger partial charge in [-0.1, -0.05) is 0 Å². The Bertz CT molecular complexity index is 747. The van der Waals surface area contributed by atoms with Crippen LogP contribution in [0.25, 0.3) is 0 Å². The molecule has 5 heterocycles. The molecule has 3 aliphatic heterocycles. The second-order valence-corrected chi connectivity index (χ2v) is 7.33. The van der Waals surface area contributed by atoms with Crippen molar-refractivity contribution in [3.05, 3.63) is 35.9 Å². The number of hydrogen-bond donors (Lipinski definition) is 2. The van der Waals surface area contributed by atoms with Crippen LogP contribution in [0.15, 0.2) is 24.5 Å². The number of hydrogen-bond acceptors (Lipinski definition) is 6. The second-order valence-electron chi connectivity index (χ2n) is 7.33. The van der Waals surface area contributed by atoms with Crippen molar-refractivity contribution in [3.8, 4) is 0 Å². The molecule has 2 aromatic heterocycles. The van der Waals surface area contributed by atoms with Gasteiger partial charge in [0.15, 0.2) is 0 Å². The second kappa shape index (κ2) is 7.41. The Labute approximate surface area is 152 Å². The number of nitrogens with zero attached hydrogens (tertiary/aromatic N) is 5. The summed E-state index contributed by atoms with van der Waals surface area (Å²) in [5, 5.41) is 6.59. The van der Waals surface area contributed by atoms with Gasteiger partial charge in [-0.05, 0) is 36.5 Å². The number of carbonyl (C=O) groups excluding carboxylic acids is 1. The lowest BCUT2D eigenvalue weighted by Crippen LogP contribution is -2.47. The number of nitrogens with one attached hydrogen (secondary N) is 1. The van der Waals surface area contributed by atoms with Crippen LogP contribution in [0.3, 0.4) is 0 Å². The number of rotatable bonds is 5. The van der Waals surface area contributed by atoms with Crippen molar-refractivity contribution < 1.29 is 4.79 Å². The summed E-state index contributed by atoms with van der Waals surface area (Å²) in [6.07, 6.45) is 6.99. The highest BCUT2D eigenvalue weighted by Gasteiger charge is 2.36. The molecule has 1 amide bonds. The van der Waals surface area contributed by atoms with Gasteiger partial charge in [-0.2, -0.15) is 4.98 Å². The molecule has 138 valence electrons. The predicted octanol–water partition coefficient (Wildman–Crippen LogP) is 0.838. The van der Waals surface area contributed by atoms with Crippen molar-refractivity contribution in [2.75, 3.05) is 25.4 Å². The van der Waals surface area contributed by atoms with Crippen molar-refractivity contribution in [1.82, 2.24) is 30.0 Å². The number of anilines is 1. The quantitative estimate of drug-likeness (QED) is 0.823. The van der Waals surface area contributed by atoms with Crippen LogP contribution in [0.1, 0.15) is 30.7 Å². The van der Waals surface area contributed by atoms with E-state index in [4.69, 9.17) is 5.73 Å². The van der Waals surface area contributed by atoms with Crippen LogP contribution in [0.2, 0.25) is 0 Å². The normalized spacial score (nSPS) is 23.2. The summed E-state index contributed by atoms with van der Waals surface area (Å²) in [7, 11) is 0. The molecule has 0 saturated carbocycles. The molecule has 0 spiro atoms. The summed E-state index contributed by atoms with van der Waals surface area (Å²) >= 11 is 0. The van der Waals surface area contributed by atoms with E-state index in [0.717, 1.165) is 32.6 Å². The highest BCUT2D eigenvalue weighted by molar-refractivity contribution is 5.77. The van der Waals surface area contributed by atoms with Crippen LogP contribution in [0.5, 0.6) is 0 Å². The lowest BCUT2D eigenvalue weighted by molar-refractivity contribution is -0.135. The van der Waals surface area contributed by atoms with Gasteiger partial charge in [0.25, 0.3) is 0 Å².